The zero-order valence-corrected chi connectivity index (χ0v) is 8.14. The quantitative estimate of drug-likeness (QED) is 0.682. The summed E-state index contributed by atoms with van der Waals surface area (Å²) in [6, 6.07) is 1.67. The fourth-order valence-corrected chi connectivity index (χ4v) is 1.43. The van der Waals surface area contributed by atoms with Gasteiger partial charge in [-0.1, -0.05) is 11.6 Å². The zero-order chi connectivity index (χ0) is 10.2. The summed E-state index contributed by atoms with van der Waals surface area (Å²) in [4.78, 5) is 10.8. The number of nitrogen functional groups attached to an aromatic ring is 1. The minimum atomic E-state index is -1.04. The van der Waals surface area contributed by atoms with Crippen molar-refractivity contribution in [2.24, 2.45) is 0 Å². The molecule has 0 bridgehead atoms. The van der Waals surface area contributed by atoms with Crippen LogP contribution in [-0.4, -0.2) is 11.1 Å². The lowest BCUT2D eigenvalue weighted by Crippen LogP contribution is -2.07. The zero-order valence-electron chi connectivity index (χ0n) is 7.39. The van der Waals surface area contributed by atoms with Crippen LogP contribution in [-0.2, 0) is 0 Å². The second-order valence-corrected chi connectivity index (χ2v) is 3.30. The fourth-order valence-electron chi connectivity index (χ4n) is 1.17. The predicted octanol–water partition coefficient (Wildman–Crippen LogP) is 2.24. The molecule has 0 fully saturated rings. The van der Waals surface area contributed by atoms with E-state index in [0.29, 0.717) is 16.1 Å². The van der Waals surface area contributed by atoms with Gasteiger partial charge in [0.25, 0.3) is 0 Å². The molecule has 3 nitrogen and oxygen atoms in total. The molecule has 1 rings (SSSR count). The molecule has 0 unspecified atom stereocenters. The first-order chi connectivity index (χ1) is 5.95. The van der Waals surface area contributed by atoms with Crippen LogP contribution in [0.3, 0.4) is 0 Å². The summed E-state index contributed by atoms with van der Waals surface area (Å²) in [5.41, 5.74) is 7.20. The van der Waals surface area contributed by atoms with Crippen LogP contribution < -0.4 is 5.73 Å². The molecule has 0 heterocycles. The van der Waals surface area contributed by atoms with Gasteiger partial charge < -0.3 is 10.8 Å². The highest BCUT2D eigenvalue weighted by atomic mass is 35.5. The summed E-state index contributed by atoms with van der Waals surface area (Å²) in [5, 5.41) is 9.29. The number of nitrogens with two attached hydrogens (primary N) is 1. The third-order valence-electron chi connectivity index (χ3n) is 1.98. The molecule has 0 aliphatic rings. The number of halogens is 1. The molecule has 0 saturated carbocycles. The van der Waals surface area contributed by atoms with Crippen LogP contribution in [0.4, 0.5) is 5.69 Å². The number of carbonyl (C=O) groups is 1. The highest BCUT2D eigenvalue weighted by Crippen LogP contribution is 2.27. The molecule has 0 amide bonds. The van der Waals surface area contributed by atoms with Gasteiger partial charge in [0.2, 0.25) is 0 Å². The van der Waals surface area contributed by atoms with Crippen molar-refractivity contribution in [2.75, 3.05) is 5.73 Å². The van der Waals surface area contributed by atoms with E-state index in [9.17, 15) is 4.79 Å². The number of carboxylic acid groups (broad SMARTS) is 1. The van der Waals surface area contributed by atoms with Crippen molar-refractivity contribution >= 4 is 23.3 Å². The third-order valence-corrected chi connectivity index (χ3v) is 2.38. The summed E-state index contributed by atoms with van der Waals surface area (Å²) >= 11 is 5.82. The highest BCUT2D eigenvalue weighted by molar-refractivity contribution is 6.32. The van der Waals surface area contributed by atoms with Crippen LogP contribution in [0, 0.1) is 13.8 Å². The molecular formula is C9H10ClNO2. The van der Waals surface area contributed by atoms with E-state index in [-0.39, 0.29) is 11.3 Å². The van der Waals surface area contributed by atoms with E-state index in [1.54, 1.807) is 19.9 Å². The van der Waals surface area contributed by atoms with Crippen molar-refractivity contribution in [3.05, 3.63) is 27.8 Å². The van der Waals surface area contributed by atoms with Gasteiger partial charge in [-0.3, -0.25) is 0 Å². The van der Waals surface area contributed by atoms with E-state index < -0.39 is 5.97 Å². The minimum absolute atomic E-state index is 0.102. The Morgan fingerprint density at radius 2 is 2.08 bits per heavy atom. The highest BCUT2D eigenvalue weighted by Gasteiger charge is 2.15. The van der Waals surface area contributed by atoms with Crippen molar-refractivity contribution in [1.82, 2.24) is 0 Å². The van der Waals surface area contributed by atoms with Crippen LogP contribution in [0.15, 0.2) is 6.07 Å². The van der Waals surface area contributed by atoms with Crippen molar-refractivity contribution in [2.45, 2.75) is 13.8 Å². The van der Waals surface area contributed by atoms with Crippen LogP contribution in [0.25, 0.3) is 0 Å². The van der Waals surface area contributed by atoms with Crippen LogP contribution in [0.1, 0.15) is 21.5 Å². The van der Waals surface area contributed by atoms with Crippen LogP contribution in [0.5, 0.6) is 0 Å². The predicted molar refractivity (Wildman–Crippen MR) is 52.3 cm³/mol. The second-order valence-electron chi connectivity index (χ2n) is 2.89. The van der Waals surface area contributed by atoms with Gasteiger partial charge in [0.15, 0.2) is 0 Å². The van der Waals surface area contributed by atoms with E-state index in [4.69, 9.17) is 22.4 Å². The van der Waals surface area contributed by atoms with E-state index in [1.807, 2.05) is 0 Å². The first-order valence-corrected chi connectivity index (χ1v) is 4.11. The first kappa shape index (κ1) is 9.86. The lowest BCUT2D eigenvalue weighted by Gasteiger charge is -2.09. The summed E-state index contributed by atoms with van der Waals surface area (Å²) < 4.78 is 0. The molecule has 0 aliphatic heterocycles. The van der Waals surface area contributed by atoms with Crippen molar-refractivity contribution < 1.29 is 9.90 Å². The molecule has 0 spiro atoms. The number of anilines is 1. The summed E-state index contributed by atoms with van der Waals surface area (Å²) in [6.45, 7) is 3.37. The smallest absolute Gasteiger partial charge is 0.338 e. The largest absolute Gasteiger partial charge is 0.478 e. The molecule has 0 saturated heterocycles. The van der Waals surface area contributed by atoms with Gasteiger partial charge in [0.05, 0.1) is 5.56 Å². The standard InChI is InChI=1S/C9H10ClNO2/c1-4-3-6(10)5(2)7(8(4)11)9(12)13/h3H,11H2,1-2H3,(H,12,13). The summed E-state index contributed by atoms with van der Waals surface area (Å²) in [7, 11) is 0. The Bertz CT molecular complexity index is 348. The fraction of sp³-hybridized carbons (Fsp3) is 0.222. The molecule has 3 N–H and O–H groups in total. The molecule has 1 aromatic carbocycles. The van der Waals surface area contributed by atoms with E-state index in [0.717, 1.165) is 0 Å². The molecule has 1 aromatic rings. The van der Waals surface area contributed by atoms with E-state index in [2.05, 4.69) is 0 Å². The van der Waals surface area contributed by atoms with Crippen molar-refractivity contribution in [1.29, 1.82) is 0 Å². The molecule has 0 radical (unpaired) electrons. The van der Waals surface area contributed by atoms with Gasteiger partial charge in [-0.2, -0.15) is 0 Å². The number of carboxylic acids is 1. The number of hydrogen-bond acceptors (Lipinski definition) is 2. The van der Waals surface area contributed by atoms with Gasteiger partial charge >= 0.3 is 5.97 Å². The Balaban J connectivity index is 3.56. The van der Waals surface area contributed by atoms with Crippen molar-refractivity contribution in [3.63, 3.8) is 0 Å². The van der Waals surface area contributed by atoms with Gasteiger partial charge in [0.1, 0.15) is 0 Å². The maximum atomic E-state index is 10.8. The Morgan fingerprint density at radius 1 is 1.54 bits per heavy atom. The molecular weight excluding hydrogens is 190 g/mol. The topological polar surface area (TPSA) is 63.3 Å². The Hall–Kier alpha value is -1.22. The lowest BCUT2D eigenvalue weighted by atomic mass is 10.0. The molecule has 0 aliphatic carbocycles. The molecule has 0 aromatic heterocycles. The molecule has 70 valence electrons. The maximum Gasteiger partial charge on any atom is 0.338 e. The number of benzene rings is 1. The van der Waals surface area contributed by atoms with E-state index in [1.165, 1.54) is 0 Å². The number of rotatable bonds is 1. The number of aromatic carboxylic acids is 1. The summed E-state index contributed by atoms with van der Waals surface area (Å²) in [5.74, 6) is -1.04. The molecule has 0 atom stereocenters. The van der Waals surface area contributed by atoms with E-state index >= 15 is 0 Å². The van der Waals surface area contributed by atoms with Gasteiger partial charge in [-0.15, -0.1) is 0 Å². The Morgan fingerprint density at radius 3 is 2.54 bits per heavy atom. The second kappa shape index (κ2) is 3.26. The van der Waals surface area contributed by atoms with Gasteiger partial charge in [-0.25, -0.2) is 4.79 Å². The molecule has 13 heavy (non-hydrogen) atoms. The van der Waals surface area contributed by atoms with Crippen LogP contribution >= 0.6 is 11.6 Å². The number of hydrogen-bond donors (Lipinski definition) is 2. The SMILES string of the molecule is Cc1cc(Cl)c(C)c(C(=O)O)c1N. The minimum Gasteiger partial charge on any atom is -0.478 e. The molecule has 4 heteroatoms. The average molecular weight is 200 g/mol. The number of aryl methyl sites for hydroxylation is 1. The Labute approximate surface area is 81.1 Å². The Kier molecular flexibility index (Phi) is 2.48. The van der Waals surface area contributed by atoms with Crippen LogP contribution in [0.2, 0.25) is 5.02 Å². The maximum absolute atomic E-state index is 10.8. The van der Waals surface area contributed by atoms with Gasteiger partial charge in [-0.05, 0) is 31.0 Å². The van der Waals surface area contributed by atoms with Gasteiger partial charge in [0, 0.05) is 10.7 Å². The average Bonchev–Trinajstić information content (AvgIpc) is 2.01. The van der Waals surface area contributed by atoms with Crippen molar-refractivity contribution in [3.8, 4) is 0 Å². The lowest BCUT2D eigenvalue weighted by molar-refractivity contribution is 0.0697. The monoisotopic (exact) mass is 199 g/mol. The first-order valence-electron chi connectivity index (χ1n) is 3.73. The normalized spacial score (nSPS) is 10.1. The summed E-state index contributed by atoms with van der Waals surface area (Å²) in [6.07, 6.45) is 0. The third kappa shape index (κ3) is 1.60.